The lowest BCUT2D eigenvalue weighted by Gasteiger charge is -2.14. The van der Waals surface area contributed by atoms with Gasteiger partial charge in [0, 0.05) is 23.7 Å². The molecule has 2 rings (SSSR count). The predicted octanol–water partition coefficient (Wildman–Crippen LogP) is 4.16. The van der Waals surface area contributed by atoms with Crippen molar-refractivity contribution in [3.63, 3.8) is 0 Å². The number of oxime groups is 2. The second-order valence-electron chi connectivity index (χ2n) is 6.99. The highest BCUT2D eigenvalue weighted by atomic mass is 16.6. The van der Waals surface area contributed by atoms with E-state index in [0.717, 1.165) is 22.4 Å². The second kappa shape index (κ2) is 10.4. The van der Waals surface area contributed by atoms with Crippen LogP contribution in [-0.4, -0.2) is 31.5 Å². The number of carbonyl (C=O) groups is 1. The second-order valence-corrected chi connectivity index (χ2v) is 6.99. The predicted molar refractivity (Wildman–Crippen MR) is 116 cm³/mol. The Kier molecular flexibility index (Phi) is 7.95. The molecule has 0 aliphatic heterocycles. The number of nitrogens with zero attached hydrogens (tertiary/aromatic N) is 2. The Morgan fingerprint density at radius 3 is 2.41 bits per heavy atom. The molecule has 0 heterocycles. The Labute approximate surface area is 172 Å². The van der Waals surface area contributed by atoms with E-state index in [4.69, 9.17) is 9.68 Å². The average molecular weight is 396 g/mol. The lowest BCUT2D eigenvalue weighted by atomic mass is 9.95. The van der Waals surface area contributed by atoms with Crippen LogP contribution in [0.4, 0.5) is 0 Å². The van der Waals surface area contributed by atoms with Crippen molar-refractivity contribution < 1.29 is 14.5 Å². The van der Waals surface area contributed by atoms with Gasteiger partial charge in [0.05, 0.1) is 5.71 Å². The van der Waals surface area contributed by atoms with Gasteiger partial charge in [-0.3, -0.25) is 4.79 Å². The van der Waals surface area contributed by atoms with Crippen molar-refractivity contribution in [3.05, 3.63) is 70.3 Å². The van der Waals surface area contributed by atoms with E-state index in [1.54, 1.807) is 7.05 Å². The fourth-order valence-electron chi connectivity index (χ4n) is 3.11. The Hall–Kier alpha value is -3.15. The first-order valence-electron chi connectivity index (χ1n) is 9.58. The number of hydrogen-bond donors (Lipinski definition) is 1. The number of rotatable bonds is 8. The van der Waals surface area contributed by atoms with Crippen LogP contribution in [0.15, 0.2) is 52.8 Å². The smallest absolute Gasteiger partial charge is 0.273 e. The van der Waals surface area contributed by atoms with Gasteiger partial charge >= 0.3 is 0 Å². The van der Waals surface area contributed by atoms with Gasteiger partial charge in [-0.15, -0.1) is 0 Å². The molecular weight excluding hydrogens is 366 g/mol. The van der Waals surface area contributed by atoms with E-state index in [-0.39, 0.29) is 18.2 Å². The van der Waals surface area contributed by atoms with E-state index in [1.165, 1.54) is 12.7 Å². The third-order valence-electron chi connectivity index (χ3n) is 4.67. The standard InChI is InChI=1S/C23H29N3O3/c1-15(2)18-11-7-8-12-19(18)17(4)25-29-14-21-16(3)10-9-13-20(21)22(26-28-6)23(27)24-5/h7-13,15H,14H2,1-6H3,(H,24,27)/b25-17+,26-22+. The van der Waals surface area contributed by atoms with E-state index in [0.29, 0.717) is 11.5 Å². The Morgan fingerprint density at radius 1 is 1.07 bits per heavy atom. The van der Waals surface area contributed by atoms with Gasteiger partial charge in [0.1, 0.15) is 13.7 Å². The first-order valence-corrected chi connectivity index (χ1v) is 9.58. The van der Waals surface area contributed by atoms with Gasteiger partial charge < -0.3 is 15.0 Å². The molecule has 0 radical (unpaired) electrons. The van der Waals surface area contributed by atoms with Gasteiger partial charge in [-0.25, -0.2) is 0 Å². The van der Waals surface area contributed by atoms with Crippen molar-refractivity contribution in [2.45, 2.75) is 40.2 Å². The van der Waals surface area contributed by atoms with Gasteiger partial charge in [-0.05, 0) is 30.9 Å². The molecule has 0 aromatic heterocycles. The summed E-state index contributed by atoms with van der Waals surface area (Å²) in [6, 6.07) is 13.8. The summed E-state index contributed by atoms with van der Waals surface area (Å²) in [6.45, 7) is 8.41. The van der Waals surface area contributed by atoms with Crippen LogP contribution >= 0.6 is 0 Å². The molecule has 1 N–H and O–H groups in total. The summed E-state index contributed by atoms with van der Waals surface area (Å²) in [5.74, 6) is 0.0592. The van der Waals surface area contributed by atoms with Gasteiger partial charge in [0.15, 0.2) is 5.71 Å². The molecule has 1 amide bonds. The minimum atomic E-state index is -0.329. The molecule has 0 atom stereocenters. The van der Waals surface area contributed by atoms with Crippen LogP contribution in [0.1, 0.15) is 54.5 Å². The molecule has 6 heteroatoms. The quantitative estimate of drug-likeness (QED) is 0.539. The Balaban J connectivity index is 2.31. The van der Waals surface area contributed by atoms with Crippen molar-refractivity contribution in [3.8, 4) is 0 Å². The third-order valence-corrected chi connectivity index (χ3v) is 4.67. The highest BCUT2D eigenvalue weighted by Crippen LogP contribution is 2.21. The summed E-state index contributed by atoms with van der Waals surface area (Å²) in [4.78, 5) is 22.8. The number of amides is 1. The highest BCUT2D eigenvalue weighted by molar-refractivity contribution is 6.45. The van der Waals surface area contributed by atoms with Gasteiger partial charge in [-0.1, -0.05) is 66.6 Å². The van der Waals surface area contributed by atoms with E-state index < -0.39 is 0 Å². The summed E-state index contributed by atoms with van der Waals surface area (Å²) in [6.07, 6.45) is 0. The summed E-state index contributed by atoms with van der Waals surface area (Å²) in [5.41, 5.74) is 5.76. The maximum absolute atomic E-state index is 12.2. The van der Waals surface area contributed by atoms with Crippen molar-refractivity contribution in [2.24, 2.45) is 10.3 Å². The van der Waals surface area contributed by atoms with Crippen LogP contribution in [0, 0.1) is 6.92 Å². The summed E-state index contributed by atoms with van der Waals surface area (Å²) < 4.78 is 0. The molecule has 0 unspecified atom stereocenters. The topological polar surface area (TPSA) is 72.3 Å². The molecule has 0 aliphatic rings. The summed E-state index contributed by atoms with van der Waals surface area (Å²) in [7, 11) is 2.97. The minimum Gasteiger partial charge on any atom is -0.398 e. The van der Waals surface area contributed by atoms with Crippen LogP contribution in [0.3, 0.4) is 0 Å². The molecule has 0 saturated carbocycles. The zero-order valence-electron chi connectivity index (χ0n) is 17.9. The molecule has 154 valence electrons. The molecule has 6 nitrogen and oxygen atoms in total. The largest absolute Gasteiger partial charge is 0.398 e. The van der Waals surface area contributed by atoms with Crippen LogP contribution in [0.25, 0.3) is 0 Å². The maximum atomic E-state index is 12.2. The fourth-order valence-corrected chi connectivity index (χ4v) is 3.11. The average Bonchev–Trinajstić information content (AvgIpc) is 2.72. The van der Waals surface area contributed by atoms with Crippen molar-refractivity contribution in [1.82, 2.24) is 5.32 Å². The molecule has 0 bridgehead atoms. The fraction of sp³-hybridized carbons (Fsp3) is 0.348. The molecule has 29 heavy (non-hydrogen) atoms. The lowest BCUT2D eigenvalue weighted by molar-refractivity contribution is -0.114. The van der Waals surface area contributed by atoms with Crippen LogP contribution in [0.2, 0.25) is 0 Å². The number of likely N-dealkylation sites (N-methyl/N-ethyl adjacent to an activating group) is 1. The van der Waals surface area contributed by atoms with Crippen molar-refractivity contribution in [2.75, 3.05) is 14.2 Å². The molecule has 2 aromatic rings. The molecule has 0 aliphatic carbocycles. The first-order chi connectivity index (χ1) is 13.9. The Bertz CT molecular complexity index is 917. The van der Waals surface area contributed by atoms with Gasteiger partial charge in [0.25, 0.3) is 5.91 Å². The number of benzene rings is 2. The number of aryl methyl sites for hydroxylation is 1. The molecule has 0 spiro atoms. The SMILES string of the molecule is CNC(=O)/C(=N/OC)c1cccc(C)c1CO/N=C(\C)c1ccccc1C(C)C. The van der Waals surface area contributed by atoms with E-state index in [2.05, 4.69) is 35.5 Å². The molecular formula is C23H29N3O3. The van der Waals surface area contributed by atoms with Crippen LogP contribution in [-0.2, 0) is 21.1 Å². The zero-order valence-corrected chi connectivity index (χ0v) is 17.9. The van der Waals surface area contributed by atoms with Gasteiger partial charge in [0.2, 0.25) is 0 Å². The maximum Gasteiger partial charge on any atom is 0.273 e. The highest BCUT2D eigenvalue weighted by Gasteiger charge is 2.19. The van der Waals surface area contributed by atoms with E-state index in [1.807, 2.05) is 50.2 Å². The summed E-state index contributed by atoms with van der Waals surface area (Å²) >= 11 is 0. The third kappa shape index (κ3) is 5.44. The van der Waals surface area contributed by atoms with Gasteiger partial charge in [-0.2, -0.15) is 0 Å². The zero-order chi connectivity index (χ0) is 21.4. The van der Waals surface area contributed by atoms with Crippen LogP contribution < -0.4 is 5.32 Å². The van der Waals surface area contributed by atoms with Crippen molar-refractivity contribution in [1.29, 1.82) is 0 Å². The van der Waals surface area contributed by atoms with Crippen molar-refractivity contribution >= 4 is 17.3 Å². The number of hydrogen-bond acceptors (Lipinski definition) is 5. The van der Waals surface area contributed by atoms with E-state index in [9.17, 15) is 4.79 Å². The normalized spacial score (nSPS) is 12.1. The number of nitrogens with one attached hydrogen (secondary N) is 1. The molecule has 2 aromatic carbocycles. The minimum absolute atomic E-state index is 0.197. The number of carbonyl (C=O) groups excluding carboxylic acids is 1. The lowest BCUT2D eigenvalue weighted by Crippen LogP contribution is -2.29. The molecule has 0 fully saturated rings. The summed E-state index contributed by atoms with van der Waals surface area (Å²) in [5, 5.41) is 10.8. The molecule has 0 saturated heterocycles. The first kappa shape index (κ1) is 22.1. The Morgan fingerprint density at radius 2 is 1.76 bits per heavy atom. The van der Waals surface area contributed by atoms with E-state index >= 15 is 0 Å². The monoisotopic (exact) mass is 395 g/mol. The van der Waals surface area contributed by atoms with Crippen LogP contribution in [0.5, 0.6) is 0 Å².